The van der Waals surface area contributed by atoms with E-state index in [4.69, 9.17) is 16.3 Å². The lowest BCUT2D eigenvalue weighted by Gasteiger charge is -2.19. The second-order valence-corrected chi connectivity index (χ2v) is 5.83. The van der Waals surface area contributed by atoms with Crippen molar-refractivity contribution in [3.63, 3.8) is 0 Å². The van der Waals surface area contributed by atoms with E-state index in [2.05, 4.69) is 18.3 Å². The molecule has 1 fully saturated rings. The van der Waals surface area contributed by atoms with Crippen molar-refractivity contribution in [3.8, 4) is 5.75 Å². The van der Waals surface area contributed by atoms with Crippen LogP contribution in [0.5, 0.6) is 5.75 Å². The van der Waals surface area contributed by atoms with Crippen LogP contribution >= 0.6 is 11.6 Å². The van der Waals surface area contributed by atoms with Gasteiger partial charge in [0.05, 0.1) is 6.10 Å². The number of nitrogens with one attached hydrogen (secondary N) is 1. The molecule has 1 aromatic rings. The first-order valence-corrected chi connectivity index (χ1v) is 7.72. The number of rotatable bonds is 4. The minimum atomic E-state index is 0.263. The van der Waals surface area contributed by atoms with Crippen LogP contribution in [0, 0.1) is 0 Å². The number of hydrogen-bond donors (Lipinski definition) is 1. The van der Waals surface area contributed by atoms with Gasteiger partial charge in [-0.3, -0.25) is 0 Å². The van der Waals surface area contributed by atoms with E-state index < -0.39 is 0 Å². The minimum Gasteiger partial charge on any atom is -0.490 e. The summed E-state index contributed by atoms with van der Waals surface area (Å²) >= 11 is 6.33. The molecule has 0 bridgehead atoms. The van der Waals surface area contributed by atoms with Gasteiger partial charge in [-0.1, -0.05) is 30.5 Å². The summed E-state index contributed by atoms with van der Waals surface area (Å²) in [5.74, 6) is 0.906. The van der Waals surface area contributed by atoms with Gasteiger partial charge in [0, 0.05) is 11.1 Å². The first kappa shape index (κ1) is 14.7. The van der Waals surface area contributed by atoms with Crippen LogP contribution in [-0.2, 0) is 0 Å². The van der Waals surface area contributed by atoms with Gasteiger partial charge in [-0.25, -0.2) is 0 Å². The summed E-state index contributed by atoms with van der Waals surface area (Å²) < 4.78 is 6.08. The van der Waals surface area contributed by atoms with Crippen LogP contribution in [0.3, 0.4) is 0 Å². The Kier molecular flexibility index (Phi) is 5.53. The largest absolute Gasteiger partial charge is 0.490 e. The van der Waals surface area contributed by atoms with Gasteiger partial charge in [-0.15, -0.1) is 0 Å². The lowest BCUT2D eigenvalue weighted by atomic mass is 10.1. The predicted molar refractivity (Wildman–Crippen MR) is 81.0 cm³/mol. The fraction of sp³-hybridized carbons (Fsp3) is 0.625. The number of halogens is 1. The molecule has 1 atom stereocenters. The lowest BCUT2D eigenvalue weighted by molar-refractivity contribution is 0.183. The average molecular weight is 282 g/mol. The molecule has 1 unspecified atom stereocenters. The molecule has 0 amide bonds. The molecule has 0 aromatic heterocycles. The smallest absolute Gasteiger partial charge is 0.121 e. The predicted octanol–water partition coefficient (Wildman–Crippen LogP) is 4.72. The quantitative estimate of drug-likeness (QED) is 0.806. The molecule has 2 nitrogen and oxygen atoms in total. The molecule has 0 saturated heterocycles. The number of benzene rings is 1. The molecule has 0 heterocycles. The third-order valence-electron chi connectivity index (χ3n) is 3.98. The van der Waals surface area contributed by atoms with E-state index in [0.29, 0.717) is 6.10 Å². The zero-order valence-electron chi connectivity index (χ0n) is 11.9. The average Bonchev–Trinajstić information content (AvgIpc) is 2.67. The second-order valence-electron chi connectivity index (χ2n) is 5.43. The topological polar surface area (TPSA) is 21.3 Å². The van der Waals surface area contributed by atoms with Crippen molar-refractivity contribution in [1.29, 1.82) is 0 Å². The second kappa shape index (κ2) is 7.16. The van der Waals surface area contributed by atoms with E-state index in [1.807, 2.05) is 19.2 Å². The van der Waals surface area contributed by atoms with Crippen molar-refractivity contribution < 1.29 is 4.74 Å². The Morgan fingerprint density at radius 2 is 1.89 bits per heavy atom. The SMILES string of the molecule is CNC(C)c1ccc(OC2CCCCCC2)cc1Cl. The van der Waals surface area contributed by atoms with E-state index >= 15 is 0 Å². The lowest BCUT2D eigenvalue weighted by Crippen LogP contribution is -2.16. The van der Waals surface area contributed by atoms with Crippen molar-refractivity contribution in [2.24, 2.45) is 0 Å². The fourth-order valence-electron chi connectivity index (χ4n) is 2.64. The molecule has 1 aliphatic rings. The monoisotopic (exact) mass is 281 g/mol. The Labute approximate surface area is 121 Å². The molecule has 0 aliphatic heterocycles. The molecule has 19 heavy (non-hydrogen) atoms. The Morgan fingerprint density at radius 3 is 2.47 bits per heavy atom. The maximum atomic E-state index is 6.33. The highest BCUT2D eigenvalue weighted by Gasteiger charge is 2.15. The third kappa shape index (κ3) is 4.12. The Hall–Kier alpha value is -0.730. The van der Waals surface area contributed by atoms with E-state index in [-0.39, 0.29) is 6.04 Å². The number of ether oxygens (including phenoxy) is 1. The van der Waals surface area contributed by atoms with Gasteiger partial charge < -0.3 is 10.1 Å². The van der Waals surface area contributed by atoms with E-state index in [0.717, 1.165) is 16.3 Å². The van der Waals surface area contributed by atoms with E-state index in [1.165, 1.54) is 38.5 Å². The van der Waals surface area contributed by atoms with Gasteiger partial charge in [-0.2, -0.15) is 0 Å². The van der Waals surface area contributed by atoms with Gasteiger partial charge in [0.1, 0.15) is 5.75 Å². The summed E-state index contributed by atoms with van der Waals surface area (Å²) in [6, 6.07) is 6.32. The highest BCUT2D eigenvalue weighted by atomic mass is 35.5. The number of hydrogen-bond acceptors (Lipinski definition) is 2. The zero-order valence-corrected chi connectivity index (χ0v) is 12.7. The molecule has 3 heteroatoms. The van der Waals surface area contributed by atoms with E-state index in [9.17, 15) is 0 Å². The summed E-state index contributed by atoms with van der Waals surface area (Å²) in [7, 11) is 1.94. The van der Waals surface area contributed by atoms with Crippen molar-refractivity contribution in [2.75, 3.05) is 7.05 Å². The molecule has 1 N–H and O–H groups in total. The van der Waals surface area contributed by atoms with Crippen LogP contribution in [0.1, 0.15) is 57.1 Å². The Morgan fingerprint density at radius 1 is 1.21 bits per heavy atom. The molecule has 1 aliphatic carbocycles. The van der Waals surface area contributed by atoms with E-state index in [1.54, 1.807) is 0 Å². The summed E-state index contributed by atoms with van der Waals surface area (Å²) in [4.78, 5) is 0. The molecule has 1 aromatic carbocycles. The van der Waals surface area contributed by atoms with Crippen molar-refractivity contribution in [2.45, 2.75) is 57.6 Å². The molecule has 106 valence electrons. The maximum absolute atomic E-state index is 6.33. The first-order valence-electron chi connectivity index (χ1n) is 7.34. The molecule has 2 rings (SSSR count). The van der Waals surface area contributed by atoms with Gasteiger partial charge in [-0.05, 0) is 57.4 Å². The standard InChI is InChI=1S/C16H24ClNO/c1-12(18-2)15-10-9-14(11-16(15)17)19-13-7-5-3-4-6-8-13/h9-13,18H,3-8H2,1-2H3. The van der Waals surface area contributed by atoms with Gasteiger partial charge in [0.2, 0.25) is 0 Å². The molecule has 0 spiro atoms. The zero-order chi connectivity index (χ0) is 13.7. The fourth-order valence-corrected chi connectivity index (χ4v) is 2.97. The molecular formula is C16H24ClNO. The first-order chi connectivity index (χ1) is 9.20. The van der Waals surface area contributed by atoms with Crippen molar-refractivity contribution >= 4 is 11.6 Å². The van der Waals surface area contributed by atoms with Crippen LogP contribution in [0.15, 0.2) is 18.2 Å². The minimum absolute atomic E-state index is 0.263. The highest BCUT2D eigenvalue weighted by Crippen LogP contribution is 2.29. The van der Waals surface area contributed by atoms with Crippen LogP contribution in [0.2, 0.25) is 5.02 Å². The third-order valence-corrected chi connectivity index (χ3v) is 4.30. The summed E-state index contributed by atoms with van der Waals surface area (Å²) in [5.41, 5.74) is 1.12. The van der Waals surface area contributed by atoms with Gasteiger partial charge >= 0.3 is 0 Å². The van der Waals surface area contributed by atoms with Crippen LogP contribution in [0.25, 0.3) is 0 Å². The molecule has 1 saturated carbocycles. The molecular weight excluding hydrogens is 258 g/mol. The van der Waals surface area contributed by atoms with Gasteiger partial charge in [0.15, 0.2) is 0 Å². The molecule has 0 radical (unpaired) electrons. The van der Waals surface area contributed by atoms with Crippen LogP contribution in [0.4, 0.5) is 0 Å². The van der Waals surface area contributed by atoms with Crippen molar-refractivity contribution in [1.82, 2.24) is 5.32 Å². The maximum Gasteiger partial charge on any atom is 0.121 e. The Bertz CT molecular complexity index is 400. The summed E-state index contributed by atoms with van der Waals surface area (Å²) in [6.45, 7) is 2.10. The summed E-state index contributed by atoms with van der Waals surface area (Å²) in [5, 5.41) is 3.99. The van der Waals surface area contributed by atoms with Crippen LogP contribution < -0.4 is 10.1 Å². The van der Waals surface area contributed by atoms with Crippen LogP contribution in [-0.4, -0.2) is 13.2 Å². The van der Waals surface area contributed by atoms with Crippen molar-refractivity contribution in [3.05, 3.63) is 28.8 Å². The highest BCUT2D eigenvalue weighted by molar-refractivity contribution is 6.31. The van der Waals surface area contributed by atoms with Gasteiger partial charge in [0.25, 0.3) is 0 Å². The normalized spacial score (nSPS) is 18.9. The summed E-state index contributed by atoms with van der Waals surface area (Å²) in [6.07, 6.45) is 7.98. The Balaban J connectivity index is 2.02.